The van der Waals surface area contributed by atoms with Crippen molar-refractivity contribution in [1.29, 1.82) is 0 Å². The molecule has 0 unspecified atom stereocenters. The molecule has 0 spiro atoms. The second-order valence-electron chi connectivity index (χ2n) is 5.28. The minimum Gasteiger partial charge on any atom is -0.548 e. The van der Waals surface area contributed by atoms with Crippen LogP contribution in [0.5, 0.6) is 11.5 Å². The zero-order valence-corrected chi connectivity index (χ0v) is 14.5. The van der Waals surface area contributed by atoms with Gasteiger partial charge in [-0.1, -0.05) is 49.8 Å². The number of phenolic OH excluding ortho intramolecular Hbond substituents is 2. The van der Waals surface area contributed by atoms with E-state index in [2.05, 4.69) is 0 Å². The van der Waals surface area contributed by atoms with Crippen LogP contribution >= 0.6 is 24.0 Å². The topological polar surface area (TPSA) is 101 Å². The van der Waals surface area contributed by atoms with Gasteiger partial charge in [-0.3, -0.25) is 9.69 Å². The predicted molar refractivity (Wildman–Crippen MR) is 93.1 cm³/mol. The summed E-state index contributed by atoms with van der Waals surface area (Å²) in [5.74, 6) is -2.41. The van der Waals surface area contributed by atoms with Crippen LogP contribution in [0.25, 0.3) is 6.08 Å². The van der Waals surface area contributed by atoms with Gasteiger partial charge in [0.15, 0.2) is 11.5 Å². The second-order valence-corrected chi connectivity index (χ2v) is 6.95. The highest BCUT2D eigenvalue weighted by atomic mass is 32.2. The van der Waals surface area contributed by atoms with Gasteiger partial charge in [-0.15, -0.1) is 0 Å². The van der Waals surface area contributed by atoms with Crippen molar-refractivity contribution in [2.75, 3.05) is 0 Å². The molecule has 0 saturated carbocycles. The highest BCUT2D eigenvalue weighted by molar-refractivity contribution is 8.26. The third-order valence-electron chi connectivity index (χ3n) is 3.54. The SMILES string of the molecule is CCCC[C@@H](C(=O)[O-])N1C(=O)/C(=C/c2ccc(O)c(O)c2)SC1=S. The van der Waals surface area contributed by atoms with Crippen LogP contribution in [-0.2, 0) is 9.59 Å². The average Bonchev–Trinajstić information content (AvgIpc) is 2.78. The zero-order valence-electron chi connectivity index (χ0n) is 12.9. The number of thiocarbonyl (C=S) groups is 1. The van der Waals surface area contributed by atoms with E-state index in [4.69, 9.17) is 12.2 Å². The number of carboxylic acids is 1. The van der Waals surface area contributed by atoms with Crippen LogP contribution in [0.1, 0.15) is 31.7 Å². The zero-order chi connectivity index (χ0) is 17.9. The van der Waals surface area contributed by atoms with Crippen molar-refractivity contribution >= 4 is 46.3 Å². The van der Waals surface area contributed by atoms with E-state index in [0.29, 0.717) is 12.0 Å². The quantitative estimate of drug-likeness (QED) is 0.448. The van der Waals surface area contributed by atoms with Gasteiger partial charge in [0, 0.05) is 0 Å². The third kappa shape index (κ3) is 3.88. The maximum absolute atomic E-state index is 12.5. The lowest BCUT2D eigenvalue weighted by molar-refractivity contribution is -0.310. The Morgan fingerprint density at radius 2 is 2.12 bits per heavy atom. The summed E-state index contributed by atoms with van der Waals surface area (Å²) >= 11 is 6.15. The summed E-state index contributed by atoms with van der Waals surface area (Å²) in [6.07, 6.45) is 3.20. The standard InChI is InChI=1S/C16H17NO5S2/c1-2-3-4-10(15(21)22)17-14(20)13(24-16(17)23)8-9-5-6-11(18)12(19)7-9/h5-8,10,18-19H,2-4H2,1H3,(H,21,22)/p-1/b13-8-/t10-/m0/s1. The smallest absolute Gasteiger partial charge is 0.266 e. The highest BCUT2D eigenvalue weighted by Gasteiger charge is 2.37. The number of amides is 1. The Morgan fingerprint density at radius 1 is 1.42 bits per heavy atom. The number of benzene rings is 1. The largest absolute Gasteiger partial charge is 0.548 e. The number of carboxylic acid groups (broad SMARTS) is 1. The number of carbonyl (C=O) groups is 2. The van der Waals surface area contributed by atoms with Gasteiger partial charge >= 0.3 is 0 Å². The van der Waals surface area contributed by atoms with E-state index in [1.807, 2.05) is 6.92 Å². The summed E-state index contributed by atoms with van der Waals surface area (Å²) in [6, 6.07) is 3.04. The first kappa shape index (κ1) is 18.3. The fraction of sp³-hybridized carbons (Fsp3) is 0.312. The summed E-state index contributed by atoms with van der Waals surface area (Å²) in [4.78, 5) is 25.2. The van der Waals surface area contributed by atoms with Gasteiger partial charge in [-0.2, -0.15) is 0 Å². The average molecular weight is 366 g/mol. The molecule has 1 aromatic rings. The first-order valence-corrected chi connectivity index (χ1v) is 8.57. The molecule has 1 aliphatic heterocycles. The van der Waals surface area contributed by atoms with Gasteiger partial charge in [-0.25, -0.2) is 0 Å². The normalized spacial score (nSPS) is 17.5. The molecule has 24 heavy (non-hydrogen) atoms. The van der Waals surface area contributed by atoms with E-state index in [-0.39, 0.29) is 27.1 Å². The summed E-state index contributed by atoms with van der Waals surface area (Å²) in [5.41, 5.74) is 0.490. The number of aliphatic carboxylic acids is 1. The van der Waals surface area contributed by atoms with Crippen molar-refractivity contribution in [1.82, 2.24) is 4.90 Å². The molecule has 6 nitrogen and oxygen atoms in total. The molecule has 0 aliphatic carbocycles. The van der Waals surface area contributed by atoms with Crippen LogP contribution in [0.15, 0.2) is 23.1 Å². The Bertz CT molecular complexity index is 716. The van der Waals surface area contributed by atoms with E-state index in [0.717, 1.165) is 23.1 Å². The van der Waals surface area contributed by atoms with Gasteiger partial charge in [0.25, 0.3) is 5.91 Å². The summed E-state index contributed by atoms with van der Waals surface area (Å²) in [5, 5.41) is 30.2. The van der Waals surface area contributed by atoms with E-state index in [9.17, 15) is 24.9 Å². The molecule has 2 N–H and O–H groups in total. The lowest BCUT2D eigenvalue weighted by Gasteiger charge is -2.27. The van der Waals surface area contributed by atoms with Gasteiger partial charge in [0.1, 0.15) is 4.32 Å². The molecule has 1 aromatic carbocycles. The molecule has 1 aliphatic rings. The Balaban J connectivity index is 2.28. The fourth-order valence-corrected chi connectivity index (χ4v) is 3.64. The van der Waals surface area contributed by atoms with Gasteiger partial charge in [0.2, 0.25) is 0 Å². The van der Waals surface area contributed by atoms with Crippen LogP contribution in [-0.4, -0.2) is 37.4 Å². The Kier molecular flexibility index (Phi) is 5.84. The van der Waals surface area contributed by atoms with E-state index < -0.39 is 17.9 Å². The van der Waals surface area contributed by atoms with Crippen LogP contribution in [0, 0.1) is 0 Å². The van der Waals surface area contributed by atoms with Crippen molar-refractivity contribution in [2.24, 2.45) is 0 Å². The number of unbranched alkanes of at least 4 members (excludes halogenated alkanes) is 1. The van der Waals surface area contributed by atoms with E-state index >= 15 is 0 Å². The summed E-state index contributed by atoms with van der Waals surface area (Å²) in [7, 11) is 0. The molecule has 0 radical (unpaired) electrons. The van der Waals surface area contributed by atoms with Crippen LogP contribution in [0.3, 0.4) is 0 Å². The molecule has 0 aromatic heterocycles. The van der Waals surface area contributed by atoms with Crippen molar-refractivity contribution in [2.45, 2.75) is 32.2 Å². The van der Waals surface area contributed by atoms with Gasteiger partial charge in [0.05, 0.1) is 16.9 Å². The molecule has 0 bridgehead atoms. The molecule has 128 valence electrons. The summed E-state index contributed by atoms with van der Waals surface area (Å²) in [6.45, 7) is 1.92. The molecule has 1 amide bonds. The Labute approximate surface area is 148 Å². The van der Waals surface area contributed by atoms with Crippen molar-refractivity contribution in [3.8, 4) is 11.5 Å². The number of thioether (sulfide) groups is 1. The van der Waals surface area contributed by atoms with Crippen molar-refractivity contribution < 1.29 is 24.9 Å². The van der Waals surface area contributed by atoms with Gasteiger partial charge < -0.3 is 20.1 Å². The van der Waals surface area contributed by atoms with Crippen LogP contribution in [0.2, 0.25) is 0 Å². The molecular weight excluding hydrogens is 350 g/mol. The number of rotatable bonds is 6. The fourth-order valence-electron chi connectivity index (χ4n) is 2.28. The molecule has 8 heteroatoms. The maximum atomic E-state index is 12.5. The first-order valence-electron chi connectivity index (χ1n) is 7.35. The molecule has 1 atom stereocenters. The number of phenols is 2. The first-order chi connectivity index (χ1) is 11.3. The van der Waals surface area contributed by atoms with Crippen LogP contribution in [0.4, 0.5) is 0 Å². The monoisotopic (exact) mass is 366 g/mol. The number of nitrogens with zero attached hydrogens (tertiary/aromatic N) is 1. The maximum Gasteiger partial charge on any atom is 0.266 e. The number of aromatic hydroxyl groups is 2. The lowest BCUT2D eigenvalue weighted by atomic mass is 10.1. The van der Waals surface area contributed by atoms with E-state index in [1.165, 1.54) is 24.3 Å². The molecule has 1 fully saturated rings. The lowest BCUT2D eigenvalue weighted by Crippen LogP contribution is -2.49. The number of hydrogen-bond donors (Lipinski definition) is 2. The van der Waals surface area contributed by atoms with Crippen molar-refractivity contribution in [3.05, 3.63) is 28.7 Å². The highest BCUT2D eigenvalue weighted by Crippen LogP contribution is 2.35. The summed E-state index contributed by atoms with van der Waals surface area (Å²) < 4.78 is 0.166. The van der Waals surface area contributed by atoms with Gasteiger partial charge in [-0.05, 0) is 30.2 Å². The molecule has 1 heterocycles. The van der Waals surface area contributed by atoms with E-state index in [1.54, 1.807) is 0 Å². The molecule has 2 rings (SSSR count). The minimum atomic E-state index is -1.33. The number of hydrogen-bond acceptors (Lipinski definition) is 7. The molecular formula is C16H16NO5S2-. The minimum absolute atomic E-state index is 0.166. The Morgan fingerprint density at radius 3 is 2.71 bits per heavy atom. The second kappa shape index (κ2) is 7.67. The predicted octanol–water partition coefficient (Wildman–Crippen LogP) is 1.61. The number of carbonyl (C=O) groups excluding carboxylic acids is 2. The third-order valence-corrected chi connectivity index (χ3v) is 4.87. The molecule has 1 saturated heterocycles. The van der Waals surface area contributed by atoms with Crippen LogP contribution < -0.4 is 5.11 Å². The van der Waals surface area contributed by atoms with Crippen molar-refractivity contribution in [3.63, 3.8) is 0 Å². The Hall–Kier alpha value is -2.06.